The van der Waals surface area contributed by atoms with Crippen molar-refractivity contribution in [3.05, 3.63) is 0 Å². The first-order chi connectivity index (χ1) is 7.77. The number of hydrogen-bond acceptors (Lipinski definition) is 0. The van der Waals surface area contributed by atoms with Gasteiger partial charge in [0.05, 0.1) is 0 Å². The van der Waals surface area contributed by atoms with E-state index in [1.54, 1.807) is 44.9 Å². The molecule has 0 heterocycles. The van der Waals surface area contributed by atoms with E-state index in [1.165, 1.54) is 35.5 Å². The number of hydrogen-bond donors (Lipinski definition) is 0. The van der Waals surface area contributed by atoms with E-state index in [0.29, 0.717) is 0 Å². The van der Waals surface area contributed by atoms with Crippen molar-refractivity contribution >= 4 is 0 Å². The smallest absolute Gasteiger partial charge is 0.0224 e. The molecule has 0 N–H and O–H groups in total. The minimum Gasteiger partial charge on any atom is -0.0465 e. The molecular weight excluding hydrogens is 192 g/mol. The maximum atomic E-state index is 1.71. The Morgan fingerprint density at radius 1 is 0.812 bits per heavy atom. The highest BCUT2D eigenvalue weighted by molar-refractivity contribution is 5.38. The van der Waals surface area contributed by atoms with Crippen molar-refractivity contribution in [1.29, 1.82) is 0 Å². The fourth-order valence-electron chi connectivity index (χ4n) is 9.97. The molecule has 16 heavy (non-hydrogen) atoms. The van der Waals surface area contributed by atoms with Gasteiger partial charge in [0.2, 0.25) is 0 Å². The lowest BCUT2D eigenvalue weighted by atomic mass is 9.41. The van der Waals surface area contributed by atoms with Gasteiger partial charge in [0, 0.05) is 0 Å². The predicted octanol–water partition coefficient (Wildman–Crippen LogP) is 3.47. The van der Waals surface area contributed by atoms with Crippen molar-refractivity contribution in [3.63, 3.8) is 0 Å². The summed E-state index contributed by atoms with van der Waals surface area (Å²) in [7, 11) is 0. The van der Waals surface area contributed by atoms with Crippen LogP contribution in [0.1, 0.15) is 44.9 Å². The molecule has 0 aromatic rings. The molecule has 0 nitrogen and oxygen atoms in total. The van der Waals surface area contributed by atoms with Gasteiger partial charge >= 0.3 is 0 Å². The van der Waals surface area contributed by atoms with Crippen molar-refractivity contribution in [2.75, 3.05) is 0 Å². The van der Waals surface area contributed by atoms with Crippen molar-refractivity contribution in [1.82, 2.24) is 0 Å². The lowest BCUT2D eigenvalue weighted by molar-refractivity contribution is -0.139. The van der Waals surface area contributed by atoms with E-state index in [2.05, 4.69) is 0 Å². The van der Waals surface area contributed by atoms with Gasteiger partial charge in [-0.2, -0.15) is 0 Å². The van der Waals surface area contributed by atoms with Gasteiger partial charge in [-0.25, -0.2) is 0 Å². The predicted molar refractivity (Wildman–Crippen MR) is 60.6 cm³/mol. The van der Waals surface area contributed by atoms with Crippen LogP contribution in [0.25, 0.3) is 0 Å². The van der Waals surface area contributed by atoms with Gasteiger partial charge in [0.1, 0.15) is 0 Å². The standard InChI is InChI=1S/C16H20/c1-8-4-16-5-10(11(1)16)12-13(16)15-3-9(8)2-14(12,6-15)7-15/h8-13H,1-7H2. The minimum absolute atomic E-state index is 0.951. The Hall–Kier alpha value is 0. The van der Waals surface area contributed by atoms with Crippen LogP contribution in [0.15, 0.2) is 0 Å². The van der Waals surface area contributed by atoms with Crippen LogP contribution in [0.3, 0.4) is 0 Å². The van der Waals surface area contributed by atoms with Gasteiger partial charge in [-0.3, -0.25) is 0 Å². The lowest BCUT2D eigenvalue weighted by Crippen LogP contribution is -2.55. The fourth-order valence-corrected chi connectivity index (χ4v) is 9.97. The molecule has 9 aliphatic carbocycles. The summed E-state index contributed by atoms with van der Waals surface area (Å²) in [5.74, 6) is 7.46. The average Bonchev–Trinajstić information content (AvgIpc) is 2.86. The van der Waals surface area contributed by atoms with Crippen LogP contribution in [0, 0.1) is 51.8 Å². The first kappa shape index (κ1) is 7.44. The van der Waals surface area contributed by atoms with Crippen molar-refractivity contribution in [3.8, 4) is 0 Å². The molecule has 9 aliphatic rings. The number of fused-ring (bicyclic) bond motifs is 1. The normalized spacial score (nSPS) is 87.0. The second kappa shape index (κ2) is 1.59. The molecule has 6 bridgehead atoms. The first-order valence-corrected chi connectivity index (χ1v) is 7.77. The zero-order chi connectivity index (χ0) is 9.91. The van der Waals surface area contributed by atoms with Gasteiger partial charge in [0.25, 0.3) is 0 Å². The van der Waals surface area contributed by atoms with Gasteiger partial charge < -0.3 is 0 Å². The van der Waals surface area contributed by atoms with E-state index in [4.69, 9.17) is 0 Å². The molecule has 0 aromatic carbocycles. The Bertz CT molecular complexity index is 455. The van der Waals surface area contributed by atoms with Crippen molar-refractivity contribution in [2.24, 2.45) is 51.8 Å². The van der Waals surface area contributed by atoms with Crippen LogP contribution in [-0.2, 0) is 0 Å². The highest BCUT2D eigenvalue weighted by atomic mass is 14.9. The second-order valence-electron chi connectivity index (χ2n) is 9.16. The zero-order valence-corrected chi connectivity index (χ0v) is 9.91. The van der Waals surface area contributed by atoms with Gasteiger partial charge in [0.15, 0.2) is 0 Å². The summed E-state index contributed by atoms with van der Waals surface area (Å²) in [6, 6.07) is 0. The third-order valence-electron chi connectivity index (χ3n) is 9.29. The summed E-state index contributed by atoms with van der Waals surface area (Å²) in [6.45, 7) is 0. The molecule has 0 aromatic heterocycles. The largest absolute Gasteiger partial charge is 0.0465 e. The molecule has 7 unspecified atom stereocenters. The quantitative estimate of drug-likeness (QED) is 0.577. The van der Waals surface area contributed by atoms with Crippen molar-refractivity contribution < 1.29 is 0 Å². The van der Waals surface area contributed by atoms with Crippen LogP contribution >= 0.6 is 0 Å². The third kappa shape index (κ3) is 0.410. The summed E-state index contributed by atoms with van der Waals surface area (Å²) < 4.78 is 0. The molecule has 0 aliphatic heterocycles. The summed E-state index contributed by atoms with van der Waals surface area (Å²) in [6.07, 6.45) is 11.9. The van der Waals surface area contributed by atoms with Crippen LogP contribution in [0.4, 0.5) is 0 Å². The Balaban J connectivity index is 1.65. The van der Waals surface area contributed by atoms with Gasteiger partial charge in [-0.1, -0.05) is 0 Å². The van der Waals surface area contributed by atoms with Crippen LogP contribution in [0.5, 0.6) is 0 Å². The SMILES string of the molecule is C1C2CC34CC(C5C3C36CC2CC5(C3)C6)C14. The summed E-state index contributed by atoms with van der Waals surface area (Å²) >= 11 is 0. The van der Waals surface area contributed by atoms with E-state index in [1.807, 2.05) is 0 Å². The highest BCUT2D eigenvalue weighted by Gasteiger charge is 2.89. The maximum Gasteiger partial charge on any atom is -0.0224 e. The molecule has 0 heteroatoms. The molecule has 0 saturated heterocycles. The van der Waals surface area contributed by atoms with Gasteiger partial charge in [-0.05, 0) is 96.7 Å². The number of rotatable bonds is 0. The Labute approximate surface area is 97.2 Å². The molecular formula is C16H20. The van der Waals surface area contributed by atoms with Gasteiger partial charge in [-0.15, -0.1) is 0 Å². The van der Waals surface area contributed by atoms with E-state index in [9.17, 15) is 0 Å². The van der Waals surface area contributed by atoms with E-state index >= 15 is 0 Å². The lowest BCUT2D eigenvalue weighted by Gasteiger charge is -2.63. The molecule has 7 atom stereocenters. The fraction of sp³-hybridized carbons (Fsp3) is 1.00. The second-order valence-corrected chi connectivity index (χ2v) is 9.16. The Morgan fingerprint density at radius 2 is 1.69 bits per heavy atom. The molecule has 0 amide bonds. The van der Waals surface area contributed by atoms with E-state index in [0.717, 1.165) is 16.2 Å². The highest BCUT2D eigenvalue weighted by Crippen LogP contribution is 2.96. The summed E-state index contributed by atoms with van der Waals surface area (Å²) in [5, 5.41) is 0. The minimum atomic E-state index is 0.951. The van der Waals surface area contributed by atoms with Crippen molar-refractivity contribution in [2.45, 2.75) is 44.9 Å². The average molecular weight is 212 g/mol. The summed E-state index contributed by atoms with van der Waals surface area (Å²) in [4.78, 5) is 0. The third-order valence-corrected chi connectivity index (χ3v) is 9.29. The van der Waals surface area contributed by atoms with Crippen LogP contribution < -0.4 is 0 Å². The molecule has 0 radical (unpaired) electrons. The van der Waals surface area contributed by atoms with E-state index in [-0.39, 0.29) is 0 Å². The monoisotopic (exact) mass is 212 g/mol. The molecule has 2 spiro atoms. The molecule has 84 valence electrons. The Kier molecular flexibility index (Phi) is 0.739. The molecule has 9 saturated carbocycles. The summed E-state index contributed by atoms with van der Waals surface area (Å²) in [5.41, 5.74) is 2.87. The Morgan fingerprint density at radius 3 is 2.62 bits per heavy atom. The van der Waals surface area contributed by atoms with Crippen LogP contribution in [0.2, 0.25) is 0 Å². The first-order valence-electron chi connectivity index (χ1n) is 7.77. The maximum absolute atomic E-state index is 1.71. The topological polar surface area (TPSA) is 0 Å². The molecule has 9 rings (SSSR count). The van der Waals surface area contributed by atoms with E-state index < -0.39 is 0 Å². The zero-order valence-electron chi connectivity index (χ0n) is 9.91. The molecule has 9 fully saturated rings. The van der Waals surface area contributed by atoms with Crippen LogP contribution in [-0.4, -0.2) is 0 Å².